The Bertz CT molecular complexity index is 482. The summed E-state index contributed by atoms with van der Waals surface area (Å²) in [5, 5.41) is 3.17. The maximum atomic E-state index is 13.6. The van der Waals surface area contributed by atoms with Crippen LogP contribution in [0, 0.1) is 0 Å². The van der Waals surface area contributed by atoms with Gasteiger partial charge in [-0.05, 0) is 17.7 Å². The van der Waals surface area contributed by atoms with Gasteiger partial charge in [0.05, 0.1) is 20.3 Å². The SMILES string of the molecule is COc1cc(Br)c([C@@H](C(F)F)N2CCNCC2)cc1OC. The summed E-state index contributed by atoms with van der Waals surface area (Å²) in [6.45, 7) is 2.62. The van der Waals surface area contributed by atoms with Crippen molar-refractivity contribution >= 4 is 15.9 Å². The molecule has 1 aromatic rings. The third-order valence-corrected chi connectivity index (χ3v) is 4.29. The average Bonchev–Trinajstić information content (AvgIpc) is 2.49. The van der Waals surface area contributed by atoms with Crippen molar-refractivity contribution in [2.24, 2.45) is 0 Å². The van der Waals surface area contributed by atoms with Crippen molar-refractivity contribution in [2.75, 3.05) is 40.4 Å². The second-order valence-electron chi connectivity index (χ2n) is 4.79. The molecule has 1 saturated heterocycles. The molecule has 1 heterocycles. The van der Waals surface area contributed by atoms with Gasteiger partial charge in [0.1, 0.15) is 0 Å². The molecule has 0 spiro atoms. The Morgan fingerprint density at radius 2 is 1.71 bits per heavy atom. The molecule has 0 radical (unpaired) electrons. The molecule has 0 bridgehead atoms. The highest BCUT2D eigenvalue weighted by Crippen LogP contribution is 2.39. The highest BCUT2D eigenvalue weighted by molar-refractivity contribution is 9.10. The van der Waals surface area contributed by atoms with Crippen molar-refractivity contribution in [3.05, 3.63) is 22.2 Å². The summed E-state index contributed by atoms with van der Waals surface area (Å²) < 4.78 is 38.2. The molecule has 2 rings (SSSR count). The standard InChI is InChI=1S/C14H19BrF2N2O2/c1-20-11-7-9(10(15)8-12(11)21-2)13(14(16)17)19-5-3-18-4-6-19/h7-8,13-14,18H,3-6H2,1-2H3/t13-/m0/s1. The van der Waals surface area contributed by atoms with Gasteiger partial charge < -0.3 is 14.8 Å². The van der Waals surface area contributed by atoms with Crippen LogP contribution >= 0.6 is 15.9 Å². The van der Waals surface area contributed by atoms with Crippen molar-refractivity contribution in [1.29, 1.82) is 0 Å². The van der Waals surface area contributed by atoms with Gasteiger partial charge in [0.15, 0.2) is 11.5 Å². The fraction of sp³-hybridized carbons (Fsp3) is 0.571. The molecular formula is C14H19BrF2N2O2. The molecule has 21 heavy (non-hydrogen) atoms. The summed E-state index contributed by atoms with van der Waals surface area (Å²) in [5.41, 5.74) is 0.518. The lowest BCUT2D eigenvalue weighted by Crippen LogP contribution is -2.47. The van der Waals surface area contributed by atoms with E-state index in [1.165, 1.54) is 14.2 Å². The van der Waals surface area contributed by atoms with Gasteiger partial charge in [-0.2, -0.15) is 0 Å². The maximum Gasteiger partial charge on any atom is 0.258 e. The van der Waals surface area contributed by atoms with Gasteiger partial charge in [0, 0.05) is 30.7 Å². The van der Waals surface area contributed by atoms with Gasteiger partial charge >= 0.3 is 0 Å². The number of ether oxygens (including phenoxy) is 2. The van der Waals surface area contributed by atoms with Crippen LogP contribution in [0.3, 0.4) is 0 Å². The van der Waals surface area contributed by atoms with Crippen molar-refractivity contribution in [3.8, 4) is 11.5 Å². The monoisotopic (exact) mass is 364 g/mol. The number of hydrogen-bond acceptors (Lipinski definition) is 4. The van der Waals surface area contributed by atoms with Crippen LogP contribution in [0.15, 0.2) is 16.6 Å². The Balaban J connectivity index is 2.39. The van der Waals surface area contributed by atoms with E-state index in [0.29, 0.717) is 47.7 Å². The minimum absolute atomic E-state index is 0.455. The van der Waals surface area contributed by atoms with Crippen LogP contribution in [0.1, 0.15) is 11.6 Å². The van der Waals surface area contributed by atoms with Crippen LogP contribution in [0.4, 0.5) is 8.78 Å². The first-order valence-electron chi connectivity index (χ1n) is 6.72. The van der Waals surface area contributed by atoms with Crippen molar-refractivity contribution < 1.29 is 18.3 Å². The predicted octanol–water partition coefficient (Wildman–Crippen LogP) is 2.68. The number of piperazine rings is 1. The Morgan fingerprint density at radius 1 is 1.14 bits per heavy atom. The quantitative estimate of drug-likeness (QED) is 0.870. The highest BCUT2D eigenvalue weighted by atomic mass is 79.9. The lowest BCUT2D eigenvalue weighted by Gasteiger charge is -2.35. The normalized spacial score (nSPS) is 17.8. The molecule has 7 heteroatoms. The zero-order valence-electron chi connectivity index (χ0n) is 12.0. The zero-order chi connectivity index (χ0) is 15.4. The minimum Gasteiger partial charge on any atom is -0.493 e. The second kappa shape index (κ2) is 7.38. The summed E-state index contributed by atoms with van der Waals surface area (Å²) >= 11 is 3.38. The summed E-state index contributed by atoms with van der Waals surface area (Å²) in [6, 6.07) is 2.34. The number of nitrogens with one attached hydrogen (secondary N) is 1. The molecule has 1 atom stereocenters. The molecule has 0 aliphatic carbocycles. The third-order valence-electron chi connectivity index (χ3n) is 3.61. The van der Waals surface area contributed by atoms with E-state index in [2.05, 4.69) is 21.2 Å². The van der Waals surface area contributed by atoms with E-state index in [9.17, 15) is 8.78 Å². The van der Waals surface area contributed by atoms with E-state index in [4.69, 9.17) is 9.47 Å². The number of benzene rings is 1. The molecule has 0 saturated carbocycles. The van der Waals surface area contributed by atoms with Gasteiger partial charge in [-0.3, -0.25) is 4.90 Å². The van der Waals surface area contributed by atoms with Gasteiger partial charge in [-0.1, -0.05) is 15.9 Å². The van der Waals surface area contributed by atoms with E-state index in [1.807, 2.05) is 0 Å². The molecule has 1 aliphatic heterocycles. The van der Waals surface area contributed by atoms with E-state index >= 15 is 0 Å². The second-order valence-corrected chi connectivity index (χ2v) is 5.65. The minimum atomic E-state index is -2.47. The number of nitrogens with zero attached hydrogens (tertiary/aromatic N) is 1. The number of hydrogen-bond donors (Lipinski definition) is 1. The summed E-state index contributed by atoms with van der Waals surface area (Å²) in [5.74, 6) is 0.970. The fourth-order valence-corrected chi connectivity index (χ4v) is 3.11. The van der Waals surface area contributed by atoms with E-state index in [1.54, 1.807) is 17.0 Å². The molecular weight excluding hydrogens is 346 g/mol. The maximum absolute atomic E-state index is 13.6. The zero-order valence-corrected chi connectivity index (χ0v) is 13.6. The van der Waals surface area contributed by atoms with Crippen molar-refractivity contribution in [2.45, 2.75) is 12.5 Å². The molecule has 0 amide bonds. The molecule has 0 aromatic heterocycles. The molecule has 1 aromatic carbocycles. The molecule has 1 N–H and O–H groups in total. The first-order valence-corrected chi connectivity index (χ1v) is 7.52. The van der Waals surface area contributed by atoms with E-state index < -0.39 is 12.5 Å². The lowest BCUT2D eigenvalue weighted by molar-refractivity contribution is 0.0177. The number of halogens is 3. The van der Waals surface area contributed by atoms with Crippen LogP contribution < -0.4 is 14.8 Å². The molecule has 1 aliphatic rings. The number of methoxy groups -OCH3 is 2. The Labute approximate surface area is 131 Å². The van der Waals surface area contributed by atoms with Gasteiger partial charge in [-0.15, -0.1) is 0 Å². The summed E-state index contributed by atoms with van der Waals surface area (Å²) in [7, 11) is 3.02. The van der Waals surface area contributed by atoms with Crippen molar-refractivity contribution in [1.82, 2.24) is 10.2 Å². The predicted molar refractivity (Wildman–Crippen MR) is 80.4 cm³/mol. The van der Waals surface area contributed by atoms with E-state index in [-0.39, 0.29) is 0 Å². The third kappa shape index (κ3) is 3.64. The first-order chi connectivity index (χ1) is 10.1. The van der Waals surface area contributed by atoms with Crippen LogP contribution in [0.25, 0.3) is 0 Å². The van der Waals surface area contributed by atoms with Gasteiger partial charge in [0.2, 0.25) is 0 Å². The fourth-order valence-electron chi connectivity index (χ4n) is 2.55. The van der Waals surface area contributed by atoms with Crippen LogP contribution in [-0.4, -0.2) is 51.7 Å². The van der Waals surface area contributed by atoms with Crippen molar-refractivity contribution in [3.63, 3.8) is 0 Å². The Kier molecular flexibility index (Phi) is 5.78. The smallest absolute Gasteiger partial charge is 0.258 e. The largest absolute Gasteiger partial charge is 0.493 e. The molecule has 4 nitrogen and oxygen atoms in total. The van der Waals surface area contributed by atoms with Crippen LogP contribution in [-0.2, 0) is 0 Å². The summed E-state index contributed by atoms with van der Waals surface area (Å²) in [4.78, 5) is 1.80. The molecule has 118 valence electrons. The number of alkyl halides is 2. The molecule has 1 fully saturated rings. The highest BCUT2D eigenvalue weighted by Gasteiger charge is 2.32. The first kappa shape index (κ1) is 16.5. The van der Waals surface area contributed by atoms with Gasteiger partial charge in [0.25, 0.3) is 6.43 Å². The van der Waals surface area contributed by atoms with E-state index in [0.717, 1.165) is 0 Å². The Morgan fingerprint density at radius 3 is 2.24 bits per heavy atom. The molecule has 0 unspecified atom stereocenters. The van der Waals surface area contributed by atoms with Crippen LogP contribution in [0.5, 0.6) is 11.5 Å². The number of rotatable bonds is 5. The van der Waals surface area contributed by atoms with Gasteiger partial charge in [-0.25, -0.2) is 8.78 Å². The lowest BCUT2D eigenvalue weighted by atomic mass is 10.0. The average molecular weight is 365 g/mol. The summed E-state index contributed by atoms with van der Waals surface area (Å²) in [6.07, 6.45) is -2.47. The Hall–Kier alpha value is -0.920. The topological polar surface area (TPSA) is 33.7 Å². The van der Waals surface area contributed by atoms with Crippen LogP contribution in [0.2, 0.25) is 0 Å².